The van der Waals surface area contributed by atoms with Crippen molar-refractivity contribution in [1.82, 2.24) is 0 Å². The highest BCUT2D eigenvalue weighted by molar-refractivity contribution is 5.50. The second kappa shape index (κ2) is 5.71. The Morgan fingerprint density at radius 1 is 0.895 bits per heavy atom. The molecule has 2 aromatic carbocycles. The second-order valence-corrected chi connectivity index (χ2v) is 4.81. The lowest BCUT2D eigenvalue weighted by atomic mass is 9.70. The molecule has 0 aromatic heterocycles. The fraction of sp³-hybridized carbons (Fsp3) is 0.158. The molecule has 0 heteroatoms. The molecule has 0 atom stereocenters. The zero-order valence-electron chi connectivity index (χ0n) is 11.6. The standard InChI is InChI=1S/C19H20/c1-4-16(5-2)19(3,17-12-8-6-9-13-17)18-14-10-7-11-15-18/h4-15H,1H2,2-3H3. The summed E-state index contributed by atoms with van der Waals surface area (Å²) in [5, 5.41) is 0. The van der Waals surface area contributed by atoms with Gasteiger partial charge in [-0.25, -0.2) is 0 Å². The van der Waals surface area contributed by atoms with Crippen LogP contribution in [0.5, 0.6) is 0 Å². The maximum absolute atomic E-state index is 3.98. The van der Waals surface area contributed by atoms with Gasteiger partial charge in [0, 0.05) is 5.41 Å². The predicted molar refractivity (Wildman–Crippen MR) is 83.3 cm³/mol. The summed E-state index contributed by atoms with van der Waals surface area (Å²) in [6.07, 6.45) is 4.10. The van der Waals surface area contributed by atoms with Crippen LogP contribution >= 0.6 is 0 Å². The number of allylic oxidation sites excluding steroid dienone is 3. The van der Waals surface area contributed by atoms with Crippen molar-refractivity contribution in [2.45, 2.75) is 19.3 Å². The molecule has 0 bridgehead atoms. The molecule has 0 aliphatic rings. The summed E-state index contributed by atoms with van der Waals surface area (Å²) in [7, 11) is 0. The van der Waals surface area contributed by atoms with Crippen LogP contribution in [0.15, 0.2) is 85.0 Å². The Balaban J connectivity index is 2.67. The van der Waals surface area contributed by atoms with Crippen molar-refractivity contribution >= 4 is 0 Å². The van der Waals surface area contributed by atoms with E-state index < -0.39 is 0 Å². The van der Waals surface area contributed by atoms with Crippen LogP contribution in [0, 0.1) is 0 Å². The summed E-state index contributed by atoms with van der Waals surface area (Å²) in [6.45, 7) is 8.31. The van der Waals surface area contributed by atoms with Crippen molar-refractivity contribution < 1.29 is 0 Å². The minimum atomic E-state index is -0.154. The molecule has 0 nitrogen and oxygen atoms in total. The van der Waals surface area contributed by atoms with E-state index in [0.717, 1.165) is 0 Å². The average molecular weight is 248 g/mol. The molecular weight excluding hydrogens is 228 g/mol. The van der Waals surface area contributed by atoms with Crippen molar-refractivity contribution in [3.05, 3.63) is 96.1 Å². The fourth-order valence-corrected chi connectivity index (χ4v) is 2.65. The third-order valence-electron chi connectivity index (χ3n) is 3.81. The smallest absolute Gasteiger partial charge is 0.0419 e. The van der Waals surface area contributed by atoms with E-state index in [4.69, 9.17) is 0 Å². The summed E-state index contributed by atoms with van der Waals surface area (Å²) in [5.41, 5.74) is 3.65. The highest BCUT2D eigenvalue weighted by Crippen LogP contribution is 2.39. The molecule has 0 fully saturated rings. The van der Waals surface area contributed by atoms with Crippen molar-refractivity contribution in [3.63, 3.8) is 0 Å². The zero-order valence-corrected chi connectivity index (χ0v) is 11.6. The minimum absolute atomic E-state index is 0.154. The lowest BCUT2D eigenvalue weighted by Gasteiger charge is -2.32. The Hall–Kier alpha value is -2.08. The van der Waals surface area contributed by atoms with Crippen LogP contribution in [0.2, 0.25) is 0 Å². The molecule has 96 valence electrons. The number of hydrogen-bond donors (Lipinski definition) is 0. The molecular formula is C19H20. The van der Waals surface area contributed by atoms with E-state index in [9.17, 15) is 0 Å². The molecule has 19 heavy (non-hydrogen) atoms. The van der Waals surface area contributed by atoms with Gasteiger partial charge in [-0.1, -0.05) is 79.4 Å². The minimum Gasteiger partial charge on any atom is -0.0988 e. The lowest BCUT2D eigenvalue weighted by Crippen LogP contribution is -2.25. The lowest BCUT2D eigenvalue weighted by molar-refractivity contribution is 0.690. The molecule has 2 rings (SSSR count). The molecule has 0 spiro atoms. The number of benzene rings is 2. The van der Waals surface area contributed by atoms with Crippen molar-refractivity contribution in [2.75, 3.05) is 0 Å². The Kier molecular flexibility index (Phi) is 4.01. The molecule has 0 radical (unpaired) electrons. The van der Waals surface area contributed by atoms with Crippen molar-refractivity contribution in [3.8, 4) is 0 Å². The molecule has 0 aliphatic carbocycles. The number of hydrogen-bond acceptors (Lipinski definition) is 0. The molecule has 0 N–H and O–H groups in total. The van der Waals surface area contributed by atoms with E-state index in [1.54, 1.807) is 0 Å². The van der Waals surface area contributed by atoms with Crippen LogP contribution in [0.3, 0.4) is 0 Å². The van der Waals surface area contributed by atoms with Crippen LogP contribution in [0.1, 0.15) is 25.0 Å². The first-order chi connectivity index (χ1) is 9.23. The van der Waals surface area contributed by atoms with E-state index in [0.29, 0.717) is 0 Å². The summed E-state index contributed by atoms with van der Waals surface area (Å²) in [6, 6.07) is 21.2. The summed E-state index contributed by atoms with van der Waals surface area (Å²) in [4.78, 5) is 0. The van der Waals surface area contributed by atoms with Gasteiger partial charge in [0.05, 0.1) is 0 Å². The summed E-state index contributed by atoms with van der Waals surface area (Å²) >= 11 is 0. The van der Waals surface area contributed by atoms with Gasteiger partial charge in [-0.15, -0.1) is 0 Å². The van der Waals surface area contributed by atoms with Gasteiger partial charge in [-0.2, -0.15) is 0 Å². The molecule has 0 saturated heterocycles. The molecule has 0 heterocycles. The first-order valence-electron chi connectivity index (χ1n) is 6.63. The Morgan fingerprint density at radius 3 is 1.63 bits per heavy atom. The monoisotopic (exact) mass is 248 g/mol. The zero-order chi connectivity index (χ0) is 13.7. The Morgan fingerprint density at radius 2 is 1.32 bits per heavy atom. The maximum atomic E-state index is 3.98. The van der Waals surface area contributed by atoms with Crippen molar-refractivity contribution in [2.24, 2.45) is 0 Å². The van der Waals surface area contributed by atoms with E-state index in [2.05, 4.69) is 87.2 Å². The molecule has 0 amide bonds. The molecule has 0 aliphatic heterocycles. The van der Waals surface area contributed by atoms with Gasteiger partial charge in [0.15, 0.2) is 0 Å². The molecule has 0 saturated carbocycles. The Bertz CT molecular complexity index is 522. The van der Waals surface area contributed by atoms with Gasteiger partial charge in [0.2, 0.25) is 0 Å². The normalized spacial score (nSPS) is 12.2. The first kappa shape index (κ1) is 13.4. The highest BCUT2D eigenvalue weighted by Gasteiger charge is 2.30. The van der Waals surface area contributed by atoms with E-state index in [1.807, 2.05) is 6.08 Å². The van der Waals surface area contributed by atoms with E-state index in [-0.39, 0.29) is 5.41 Å². The van der Waals surface area contributed by atoms with Gasteiger partial charge in [0.1, 0.15) is 0 Å². The van der Waals surface area contributed by atoms with Gasteiger partial charge in [-0.05, 0) is 30.5 Å². The van der Waals surface area contributed by atoms with Gasteiger partial charge in [-0.3, -0.25) is 0 Å². The Labute approximate surface area is 116 Å². The van der Waals surface area contributed by atoms with Crippen LogP contribution in [-0.4, -0.2) is 0 Å². The van der Waals surface area contributed by atoms with E-state index >= 15 is 0 Å². The van der Waals surface area contributed by atoms with Gasteiger partial charge >= 0.3 is 0 Å². The first-order valence-corrected chi connectivity index (χ1v) is 6.63. The topological polar surface area (TPSA) is 0 Å². The predicted octanol–water partition coefficient (Wildman–Crippen LogP) is 5.12. The quantitative estimate of drug-likeness (QED) is 0.658. The van der Waals surface area contributed by atoms with Crippen LogP contribution in [-0.2, 0) is 5.41 Å². The largest absolute Gasteiger partial charge is 0.0988 e. The van der Waals surface area contributed by atoms with Crippen molar-refractivity contribution in [1.29, 1.82) is 0 Å². The van der Waals surface area contributed by atoms with Crippen LogP contribution in [0.25, 0.3) is 0 Å². The summed E-state index contributed by atoms with van der Waals surface area (Å²) < 4.78 is 0. The van der Waals surface area contributed by atoms with E-state index in [1.165, 1.54) is 16.7 Å². The van der Waals surface area contributed by atoms with Crippen LogP contribution < -0.4 is 0 Å². The average Bonchev–Trinajstić information content (AvgIpc) is 2.50. The third kappa shape index (κ3) is 2.39. The number of rotatable bonds is 4. The maximum Gasteiger partial charge on any atom is 0.0419 e. The van der Waals surface area contributed by atoms with Gasteiger partial charge < -0.3 is 0 Å². The SMILES string of the molecule is C=CC(=CC)C(C)(c1ccccc1)c1ccccc1. The summed E-state index contributed by atoms with van der Waals surface area (Å²) in [5.74, 6) is 0. The second-order valence-electron chi connectivity index (χ2n) is 4.81. The fourth-order valence-electron chi connectivity index (χ4n) is 2.65. The highest BCUT2D eigenvalue weighted by atomic mass is 14.3. The van der Waals surface area contributed by atoms with Gasteiger partial charge in [0.25, 0.3) is 0 Å². The van der Waals surface area contributed by atoms with Crippen LogP contribution in [0.4, 0.5) is 0 Å². The third-order valence-corrected chi connectivity index (χ3v) is 3.81. The molecule has 2 aromatic rings. The molecule has 0 unspecified atom stereocenters.